The molecule has 2 fully saturated rings. The first-order valence-corrected chi connectivity index (χ1v) is 10.4. The molecule has 0 atom stereocenters. The molecule has 1 saturated heterocycles. The summed E-state index contributed by atoms with van der Waals surface area (Å²) in [5, 5.41) is 5.11. The van der Waals surface area contributed by atoms with Crippen LogP contribution in [0.4, 0.5) is 0 Å². The number of nitrogens with zero attached hydrogens (tertiary/aromatic N) is 1. The van der Waals surface area contributed by atoms with Crippen LogP contribution in [0.2, 0.25) is 0 Å². The first kappa shape index (κ1) is 16.0. The summed E-state index contributed by atoms with van der Waals surface area (Å²) in [5.41, 5.74) is -0.276. The molecule has 22 heavy (non-hydrogen) atoms. The molecule has 0 unspecified atom stereocenters. The molecular weight excluding hydrogens is 320 g/mol. The summed E-state index contributed by atoms with van der Waals surface area (Å²) in [7, 11) is -3.08. The average molecular weight is 342 g/mol. The number of sulfonamides is 1. The summed E-state index contributed by atoms with van der Waals surface area (Å²) in [6.45, 7) is 1.79. The molecule has 2 aliphatic rings. The Labute approximate surface area is 135 Å². The highest BCUT2D eigenvalue weighted by atomic mass is 32.2. The first-order chi connectivity index (χ1) is 10.4. The predicted octanol–water partition coefficient (Wildman–Crippen LogP) is 1.57. The maximum absolute atomic E-state index is 12.5. The molecule has 1 aromatic rings. The number of piperidine rings is 1. The first-order valence-electron chi connectivity index (χ1n) is 7.69. The van der Waals surface area contributed by atoms with Crippen LogP contribution in [0, 0.1) is 5.92 Å². The Hall–Kier alpha value is -0.920. The van der Waals surface area contributed by atoms with Crippen molar-refractivity contribution >= 4 is 27.3 Å². The van der Waals surface area contributed by atoms with Gasteiger partial charge < -0.3 is 5.32 Å². The van der Waals surface area contributed by atoms with Crippen LogP contribution in [0.15, 0.2) is 17.5 Å². The Balaban J connectivity index is 1.49. The van der Waals surface area contributed by atoms with E-state index in [4.69, 9.17) is 0 Å². The number of thiophene rings is 1. The van der Waals surface area contributed by atoms with Gasteiger partial charge in [0.1, 0.15) is 0 Å². The summed E-state index contributed by atoms with van der Waals surface area (Å²) in [4.78, 5) is 13.6. The molecule has 0 aromatic carbocycles. The van der Waals surface area contributed by atoms with Gasteiger partial charge in [-0.25, -0.2) is 12.7 Å². The molecule has 1 aliphatic heterocycles. The highest BCUT2D eigenvalue weighted by Crippen LogP contribution is 2.50. The van der Waals surface area contributed by atoms with E-state index in [2.05, 4.69) is 5.32 Å². The molecule has 1 aromatic heterocycles. The van der Waals surface area contributed by atoms with Gasteiger partial charge in [0.2, 0.25) is 15.9 Å². The van der Waals surface area contributed by atoms with E-state index in [-0.39, 0.29) is 11.3 Å². The Morgan fingerprint density at radius 2 is 2.09 bits per heavy atom. The minimum absolute atomic E-state index is 0.139. The van der Waals surface area contributed by atoms with E-state index in [1.165, 1.54) is 10.6 Å². The van der Waals surface area contributed by atoms with Crippen molar-refractivity contribution in [3.05, 3.63) is 22.4 Å². The number of carbonyl (C=O) groups excluding carboxylic acids is 1. The zero-order chi connectivity index (χ0) is 15.8. The fourth-order valence-corrected chi connectivity index (χ4v) is 4.97. The topological polar surface area (TPSA) is 66.5 Å². The second kappa shape index (κ2) is 5.94. The number of amides is 1. The van der Waals surface area contributed by atoms with E-state index in [9.17, 15) is 13.2 Å². The molecule has 1 N–H and O–H groups in total. The van der Waals surface area contributed by atoms with Gasteiger partial charge in [-0.15, -0.1) is 11.3 Å². The largest absolute Gasteiger partial charge is 0.355 e. The molecule has 0 spiro atoms. The fraction of sp³-hybridized carbons (Fsp3) is 0.667. The maximum atomic E-state index is 12.5. The van der Waals surface area contributed by atoms with Gasteiger partial charge in [-0.05, 0) is 43.0 Å². The second-order valence-electron chi connectivity index (χ2n) is 6.37. The van der Waals surface area contributed by atoms with Crippen LogP contribution >= 0.6 is 11.3 Å². The molecule has 7 heteroatoms. The van der Waals surface area contributed by atoms with Crippen molar-refractivity contribution in [2.45, 2.75) is 31.1 Å². The number of nitrogens with one attached hydrogen (secondary N) is 1. The third-order valence-corrected chi connectivity index (χ3v) is 7.15. The van der Waals surface area contributed by atoms with Gasteiger partial charge in [0, 0.05) is 24.5 Å². The molecule has 0 bridgehead atoms. The molecular formula is C15H22N2O3S2. The van der Waals surface area contributed by atoms with Crippen molar-refractivity contribution in [1.82, 2.24) is 9.62 Å². The lowest BCUT2D eigenvalue weighted by Crippen LogP contribution is -2.42. The zero-order valence-electron chi connectivity index (χ0n) is 12.7. The number of carbonyl (C=O) groups is 1. The third kappa shape index (κ3) is 3.21. The standard InChI is InChI=1S/C15H22N2O3S2/c1-22(19,20)17-8-4-12(5-9-17)11-16-14(18)15(6-7-15)13-3-2-10-21-13/h2-3,10,12H,4-9,11H2,1H3,(H,16,18). The Kier molecular flexibility index (Phi) is 4.31. The SMILES string of the molecule is CS(=O)(=O)N1CCC(CNC(=O)C2(c3cccs3)CC2)CC1. The van der Waals surface area contributed by atoms with E-state index < -0.39 is 10.0 Å². The average Bonchev–Trinajstić information content (AvgIpc) is 3.11. The van der Waals surface area contributed by atoms with Crippen LogP contribution in [0.5, 0.6) is 0 Å². The molecule has 5 nitrogen and oxygen atoms in total. The van der Waals surface area contributed by atoms with E-state index in [1.54, 1.807) is 11.3 Å². The summed E-state index contributed by atoms with van der Waals surface area (Å²) in [5.74, 6) is 0.515. The third-order valence-electron chi connectivity index (χ3n) is 4.77. The van der Waals surface area contributed by atoms with Crippen LogP contribution in [0.3, 0.4) is 0 Å². The van der Waals surface area contributed by atoms with Crippen LogP contribution in [0.1, 0.15) is 30.6 Å². The van der Waals surface area contributed by atoms with Crippen molar-refractivity contribution < 1.29 is 13.2 Å². The molecule has 122 valence electrons. The number of rotatable bonds is 5. The van der Waals surface area contributed by atoms with Crippen molar-refractivity contribution in [1.29, 1.82) is 0 Å². The van der Waals surface area contributed by atoms with E-state index in [0.717, 1.165) is 30.6 Å². The van der Waals surface area contributed by atoms with E-state index >= 15 is 0 Å². The van der Waals surface area contributed by atoms with Gasteiger partial charge in [-0.3, -0.25) is 4.79 Å². The molecule has 3 rings (SSSR count). The molecule has 1 amide bonds. The molecule has 2 heterocycles. The van der Waals surface area contributed by atoms with Crippen LogP contribution < -0.4 is 5.32 Å². The normalized spacial score (nSPS) is 22.4. The lowest BCUT2D eigenvalue weighted by molar-refractivity contribution is -0.123. The summed E-state index contributed by atoms with van der Waals surface area (Å²) < 4.78 is 24.5. The van der Waals surface area contributed by atoms with Gasteiger partial charge in [0.25, 0.3) is 0 Å². The fourth-order valence-electron chi connectivity index (χ4n) is 3.11. The smallest absolute Gasteiger partial charge is 0.231 e. The zero-order valence-corrected chi connectivity index (χ0v) is 14.4. The molecule has 1 aliphatic carbocycles. The summed E-state index contributed by atoms with van der Waals surface area (Å²) >= 11 is 1.65. The quantitative estimate of drug-likeness (QED) is 0.883. The minimum atomic E-state index is -3.08. The van der Waals surface area contributed by atoms with Crippen molar-refractivity contribution in [2.24, 2.45) is 5.92 Å². The van der Waals surface area contributed by atoms with E-state index in [1.807, 2.05) is 17.5 Å². The van der Waals surface area contributed by atoms with Gasteiger partial charge in [-0.2, -0.15) is 0 Å². The molecule has 1 saturated carbocycles. The van der Waals surface area contributed by atoms with Crippen LogP contribution in [0.25, 0.3) is 0 Å². The van der Waals surface area contributed by atoms with Gasteiger partial charge in [0.15, 0.2) is 0 Å². The number of hydrogen-bond acceptors (Lipinski definition) is 4. The number of hydrogen-bond donors (Lipinski definition) is 1. The Bertz CT molecular complexity index is 628. The highest BCUT2D eigenvalue weighted by Gasteiger charge is 2.52. The lowest BCUT2D eigenvalue weighted by Gasteiger charge is -2.30. The molecule has 0 radical (unpaired) electrons. The highest BCUT2D eigenvalue weighted by molar-refractivity contribution is 7.88. The summed E-state index contributed by atoms with van der Waals surface area (Å²) in [6.07, 6.45) is 4.77. The van der Waals surface area contributed by atoms with E-state index in [0.29, 0.717) is 25.6 Å². The van der Waals surface area contributed by atoms with Crippen molar-refractivity contribution in [3.8, 4) is 0 Å². The van der Waals surface area contributed by atoms with Gasteiger partial charge in [0.05, 0.1) is 11.7 Å². The lowest BCUT2D eigenvalue weighted by atomic mass is 9.97. The summed E-state index contributed by atoms with van der Waals surface area (Å²) in [6, 6.07) is 4.04. The maximum Gasteiger partial charge on any atom is 0.231 e. The predicted molar refractivity (Wildman–Crippen MR) is 87.4 cm³/mol. The second-order valence-corrected chi connectivity index (χ2v) is 9.30. The monoisotopic (exact) mass is 342 g/mol. The van der Waals surface area contributed by atoms with Gasteiger partial charge in [-0.1, -0.05) is 6.07 Å². The van der Waals surface area contributed by atoms with Gasteiger partial charge >= 0.3 is 0 Å². The Morgan fingerprint density at radius 3 is 2.59 bits per heavy atom. The van der Waals surface area contributed by atoms with Crippen molar-refractivity contribution in [3.63, 3.8) is 0 Å². The van der Waals surface area contributed by atoms with Crippen molar-refractivity contribution in [2.75, 3.05) is 25.9 Å². The van der Waals surface area contributed by atoms with Crippen LogP contribution in [-0.4, -0.2) is 44.5 Å². The Morgan fingerprint density at radius 1 is 1.41 bits per heavy atom. The minimum Gasteiger partial charge on any atom is -0.355 e. The van der Waals surface area contributed by atoms with Crippen LogP contribution in [-0.2, 0) is 20.2 Å².